The number of amides is 1. The summed E-state index contributed by atoms with van der Waals surface area (Å²) in [5.74, 6) is -0.763. The highest BCUT2D eigenvalue weighted by Gasteiger charge is 2.25. The maximum Gasteiger partial charge on any atom is 0.279 e. The fourth-order valence-electron chi connectivity index (χ4n) is 1.85. The smallest absolute Gasteiger partial charge is 0.279 e. The van der Waals surface area contributed by atoms with Gasteiger partial charge in [-0.15, -0.1) is 10.2 Å². The highest BCUT2D eigenvalue weighted by Crippen LogP contribution is 2.29. The fourth-order valence-corrected chi connectivity index (χ4v) is 2.56. The lowest BCUT2D eigenvalue weighted by Crippen LogP contribution is -2.13. The minimum Gasteiger partial charge on any atom is -0.377 e. The van der Waals surface area contributed by atoms with Crippen molar-refractivity contribution in [2.45, 2.75) is 13.5 Å². The number of carbonyl (C=O) groups is 1. The van der Waals surface area contributed by atoms with E-state index in [1.54, 1.807) is 0 Å². The molecule has 0 fully saturated rings. The standard InChI is InChI=1S/C12H11N5O6S/c1-6-8(16(19)20)3-7(4-9(6)17(21)22)11(18)13-12-15-14-10(24-12)5-23-2/h3-4H,5H2,1-2H3,(H,13,15,18). The SMILES string of the molecule is COCc1nnc(NC(=O)c2cc([N+](=O)[O-])c(C)c([N+](=O)[O-])c2)s1. The van der Waals surface area contributed by atoms with Gasteiger partial charge in [-0.05, 0) is 6.92 Å². The molecular formula is C12H11N5O6S. The molecule has 126 valence electrons. The summed E-state index contributed by atoms with van der Waals surface area (Å²) in [6, 6.07) is 1.96. The summed E-state index contributed by atoms with van der Waals surface area (Å²) in [4.78, 5) is 32.7. The molecule has 0 aliphatic carbocycles. The third-order valence-electron chi connectivity index (χ3n) is 2.96. The van der Waals surface area contributed by atoms with Crippen LogP contribution in [0.1, 0.15) is 20.9 Å². The van der Waals surface area contributed by atoms with Gasteiger partial charge in [-0.2, -0.15) is 0 Å². The molecule has 11 nitrogen and oxygen atoms in total. The second kappa shape index (κ2) is 7.06. The molecular weight excluding hydrogens is 342 g/mol. The van der Waals surface area contributed by atoms with Gasteiger partial charge in [0.15, 0.2) is 0 Å². The highest BCUT2D eigenvalue weighted by molar-refractivity contribution is 7.15. The third-order valence-corrected chi connectivity index (χ3v) is 3.78. The molecule has 24 heavy (non-hydrogen) atoms. The van der Waals surface area contributed by atoms with Crippen molar-refractivity contribution in [1.82, 2.24) is 10.2 Å². The molecule has 12 heteroatoms. The molecule has 0 saturated heterocycles. The summed E-state index contributed by atoms with van der Waals surface area (Å²) in [7, 11) is 1.48. The van der Waals surface area contributed by atoms with Crippen LogP contribution in [-0.4, -0.2) is 33.1 Å². The van der Waals surface area contributed by atoms with Gasteiger partial charge < -0.3 is 4.74 Å². The van der Waals surface area contributed by atoms with E-state index in [4.69, 9.17) is 4.74 Å². The minimum atomic E-state index is -0.777. The van der Waals surface area contributed by atoms with Crippen molar-refractivity contribution in [3.8, 4) is 0 Å². The molecule has 0 aliphatic heterocycles. The van der Waals surface area contributed by atoms with E-state index < -0.39 is 27.1 Å². The Hall–Kier alpha value is -2.99. The summed E-state index contributed by atoms with van der Waals surface area (Å²) >= 11 is 1.06. The van der Waals surface area contributed by atoms with E-state index >= 15 is 0 Å². The Morgan fingerprint density at radius 1 is 1.25 bits per heavy atom. The molecule has 1 amide bonds. The average Bonchev–Trinajstić information content (AvgIpc) is 2.94. The minimum absolute atomic E-state index is 0.125. The van der Waals surface area contributed by atoms with Crippen molar-refractivity contribution in [3.63, 3.8) is 0 Å². The molecule has 0 radical (unpaired) electrons. The zero-order valence-electron chi connectivity index (χ0n) is 12.5. The first-order valence-corrected chi connectivity index (χ1v) is 7.21. The van der Waals surface area contributed by atoms with E-state index in [2.05, 4.69) is 15.5 Å². The van der Waals surface area contributed by atoms with Gasteiger partial charge in [-0.3, -0.25) is 30.3 Å². The summed E-state index contributed by atoms with van der Waals surface area (Å²) in [6.07, 6.45) is 0. The van der Waals surface area contributed by atoms with Gasteiger partial charge in [0.25, 0.3) is 17.3 Å². The van der Waals surface area contributed by atoms with Gasteiger partial charge in [0, 0.05) is 19.2 Å². The molecule has 2 aromatic rings. The van der Waals surface area contributed by atoms with Crippen LogP contribution in [-0.2, 0) is 11.3 Å². The Morgan fingerprint density at radius 2 is 1.83 bits per heavy atom. The molecule has 0 spiro atoms. The summed E-state index contributed by atoms with van der Waals surface area (Å²) in [5.41, 5.74) is -1.36. The number of methoxy groups -OCH3 is 1. The largest absolute Gasteiger partial charge is 0.377 e. The normalized spacial score (nSPS) is 10.4. The van der Waals surface area contributed by atoms with E-state index in [1.807, 2.05) is 0 Å². The van der Waals surface area contributed by atoms with Crippen LogP contribution in [0.15, 0.2) is 12.1 Å². The van der Waals surface area contributed by atoms with Crippen LogP contribution in [0.4, 0.5) is 16.5 Å². The molecule has 2 rings (SSSR count). The van der Waals surface area contributed by atoms with Crippen molar-refractivity contribution in [2.24, 2.45) is 0 Å². The molecule has 1 aromatic carbocycles. The predicted octanol–water partition coefficient (Wildman–Crippen LogP) is 2.06. The summed E-state index contributed by atoms with van der Waals surface area (Å²) in [5, 5.41) is 32.6. The second-order valence-corrected chi connectivity index (χ2v) is 5.60. The zero-order chi connectivity index (χ0) is 17.9. The fraction of sp³-hybridized carbons (Fsp3) is 0.250. The van der Waals surface area contributed by atoms with E-state index in [9.17, 15) is 25.0 Å². The first kappa shape index (κ1) is 17.4. The molecule has 1 heterocycles. The topological polar surface area (TPSA) is 150 Å². The molecule has 0 aliphatic rings. The monoisotopic (exact) mass is 353 g/mol. The molecule has 1 aromatic heterocycles. The van der Waals surface area contributed by atoms with E-state index in [1.165, 1.54) is 14.0 Å². The Labute approximate surface area is 138 Å². The van der Waals surface area contributed by atoms with Crippen molar-refractivity contribution >= 4 is 33.8 Å². The average molecular weight is 353 g/mol. The van der Waals surface area contributed by atoms with E-state index in [-0.39, 0.29) is 22.9 Å². The number of hydrogen-bond acceptors (Lipinski definition) is 9. The van der Waals surface area contributed by atoms with Crippen molar-refractivity contribution < 1.29 is 19.4 Å². The number of ether oxygens (including phenoxy) is 1. The zero-order valence-corrected chi connectivity index (χ0v) is 13.3. The van der Waals surface area contributed by atoms with E-state index in [0.29, 0.717) is 5.01 Å². The number of carbonyl (C=O) groups excluding carboxylic acids is 1. The number of hydrogen-bond donors (Lipinski definition) is 1. The number of benzene rings is 1. The number of nitrogens with one attached hydrogen (secondary N) is 1. The lowest BCUT2D eigenvalue weighted by molar-refractivity contribution is -0.395. The Kier molecular flexibility index (Phi) is 5.11. The van der Waals surface area contributed by atoms with Crippen LogP contribution in [0, 0.1) is 27.2 Å². The van der Waals surface area contributed by atoms with Gasteiger partial charge in [-0.1, -0.05) is 11.3 Å². The van der Waals surface area contributed by atoms with Crippen molar-refractivity contribution in [2.75, 3.05) is 12.4 Å². The molecule has 0 atom stereocenters. The van der Waals surface area contributed by atoms with Crippen LogP contribution >= 0.6 is 11.3 Å². The number of nitrogens with zero attached hydrogens (tertiary/aromatic N) is 4. The van der Waals surface area contributed by atoms with E-state index in [0.717, 1.165) is 23.5 Å². The third kappa shape index (κ3) is 3.67. The Morgan fingerprint density at radius 3 is 2.33 bits per heavy atom. The number of aromatic nitrogens is 2. The molecule has 0 saturated carbocycles. The van der Waals surface area contributed by atoms with Gasteiger partial charge in [-0.25, -0.2) is 0 Å². The summed E-state index contributed by atoms with van der Waals surface area (Å²) in [6.45, 7) is 1.47. The summed E-state index contributed by atoms with van der Waals surface area (Å²) < 4.78 is 4.87. The number of rotatable bonds is 6. The van der Waals surface area contributed by atoms with Crippen LogP contribution < -0.4 is 5.32 Å². The van der Waals surface area contributed by atoms with Gasteiger partial charge in [0.05, 0.1) is 15.4 Å². The maximum absolute atomic E-state index is 12.2. The van der Waals surface area contributed by atoms with Gasteiger partial charge in [0.1, 0.15) is 17.2 Å². The Balaban J connectivity index is 2.34. The van der Waals surface area contributed by atoms with Crippen LogP contribution in [0.5, 0.6) is 0 Å². The Bertz CT molecular complexity index is 785. The first-order valence-electron chi connectivity index (χ1n) is 6.39. The number of anilines is 1. The maximum atomic E-state index is 12.2. The number of nitro benzene ring substituents is 2. The highest BCUT2D eigenvalue weighted by atomic mass is 32.1. The van der Waals surface area contributed by atoms with Crippen LogP contribution in [0.25, 0.3) is 0 Å². The predicted molar refractivity (Wildman–Crippen MR) is 83.1 cm³/mol. The quantitative estimate of drug-likeness (QED) is 0.612. The molecule has 1 N–H and O–H groups in total. The first-order chi connectivity index (χ1) is 11.3. The lowest BCUT2D eigenvalue weighted by atomic mass is 10.1. The number of nitro groups is 2. The van der Waals surface area contributed by atoms with Crippen LogP contribution in [0.2, 0.25) is 0 Å². The second-order valence-electron chi connectivity index (χ2n) is 4.54. The molecule has 0 bridgehead atoms. The molecule has 0 unspecified atom stereocenters. The van der Waals surface area contributed by atoms with Crippen molar-refractivity contribution in [1.29, 1.82) is 0 Å². The van der Waals surface area contributed by atoms with Gasteiger partial charge in [0.2, 0.25) is 5.13 Å². The van der Waals surface area contributed by atoms with Gasteiger partial charge >= 0.3 is 0 Å². The lowest BCUT2D eigenvalue weighted by Gasteiger charge is -2.04. The van der Waals surface area contributed by atoms with Crippen LogP contribution in [0.3, 0.4) is 0 Å². The van der Waals surface area contributed by atoms with Crippen molar-refractivity contribution in [3.05, 3.63) is 48.5 Å².